The highest BCUT2D eigenvalue weighted by atomic mass is 28.3. The van der Waals surface area contributed by atoms with Crippen LogP contribution < -0.4 is 10.4 Å². The topological polar surface area (TPSA) is 25.8 Å². The maximum absolute atomic E-state index is 5.39. The van der Waals surface area contributed by atoms with Crippen molar-refractivity contribution in [2.75, 3.05) is 0 Å². The van der Waals surface area contributed by atoms with Gasteiger partial charge in [-0.05, 0) is 95.3 Å². The molecule has 1 aliphatic rings. The Morgan fingerprint density at radius 1 is 0.358 bits per heavy atom. The average molecular weight is 691 g/mol. The monoisotopic (exact) mass is 690 g/mol. The molecule has 248 valence electrons. The van der Waals surface area contributed by atoms with Gasteiger partial charge in [-0.3, -0.25) is 0 Å². The highest BCUT2D eigenvalue weighted by Crippen LogP contribution is 2.40. The van der Waals surface area contributed by atoms with E-state index >= 15 is 0 Å². The second-order valence-electron chi connectivity index (χ2n) is 15.0. The summed E-state index contributed by atoms with van der Waals surface area (Å²) in [5.74, 6) is 0. The van der Waals surface area contributed by atoms with Crippen LogP contribution in [0.25, 0.3) is 98.9 Å². The van der Waals surface area contributed by atoms with E-state index in [1.54, 1.807) is 10.4 Å². The Morgan fingerprint density at radius 2 is 0.943 bits per heavy atom. The number of aromatic nitrogens is 2. The summed E-state index contributed by atoms with van der Waals surface area (Å²) in [7, 11) is -1.83. The molecule has 0 bridgehead atoms. The van der Waals surface area contributed by atoms with Crippen LogP contribution in [0.5, 0.6) is 0 Å². The Morgan fingerprint density at radius 3 is 1.72 bits per heavy atom. The van der Waals surface area contributed by atoms with Crippen LogP contribution in [0.3, 0.4) is 0 Å². The van der Waals surface area contributed by atoms with E-state index in [0.29, 0.717) is 0 Å². The molecular weight excluding hydrogens is 657 g/mol. The largest absolute Gasteiger partial charge is 0.245 e. The van der Waals surface area contributed by atoms with Gasteiger partial charge < -0.3 is 0 Å². The summed E-state index contributed by atoms with van der Waals surface area (Å²) in [5.41, 5.74) is 11.3. The lowest BCUT2D eigenvalue weighted by Crippen LogP contribution is -2.49. The molecule has 0 amide bonds. The summed E-state index contributed by atoms with van der Waals surface area (Å²) in [4.78, 5) is 10.6. The molecule has 3 heterocycles. The van der Waals surface area contributed by atoms with Crippen molar-refractivity contribution in [2.45, 2.75) is 13.1 Å². The van der Waals surface area contributed by atoms with Crippen LogP contribution in [0.1, 0.15) is 0 Å². The molecule has 0 spiro atoms. The molecule has 2 nitrogen and oxygen atoms in total. The molecule has 0 aliphatic carbocycles. The molecule has 0 saturated carbocycles. The first-order chi connectivity index (χ1) is 26.0. The van der Waals surface area contributed by atoms with Crippen molar-refractivity contribution >= 4 is 72.6 Å². The fraction of sp³-hybridized carbons (Fsp3) is 0.0400. The Hall–Kier alpha value is -6.42. The highest BCUT2D eigenvalue weighted by Gasteiger charge is 2.38. The number of benzene rings is 8. The van der Waals surface area contributed by atoms with E-state index in [-0.39, 0.29) is 0 Å². The van der Waals surface area contributed by atoms with Gasteiger partial charge in [0.15, 0.2) is 0 Å². The normalized spacial score (nSPS) is 13.2. The van der Waals surface area contributed by atoms with Gasteiger partial charge in [-0.2, -0.15) is 0 Å². The molecule has 2 aromatic heterocycles. The second kappa shape index (κ2) is 11.3. The Kier molecular flexibility index (Phi) is 6.44. The molecule has 0 N–H and O–H groups in total. The molecule has 0 radical (unpaired) electrons. The second-order valence-corrected chi connectivity index (χ2v) is 19.3. The van der Waals surface area contributed by atoms with E-state index < -0.39 is 8.07 Å². The van der Waals surface area contributed by atoms with Crippen LogP contribution in [-0.4, -0.2) is 18.0 Å². The van der Waals surface area contributed by atoms with Crippen molar-refractivity contribution in [1.82, 2.24) is 9.97 Å². The number of hydrogen-bond donors (Lipinski definition) is 0. The smallest absolute Gasteiger partial charge is 0.114 e. The van der Waals surface area contributed by atoms with Crippen molar-refractivity contribution in [1.29, 1.82) is 0 Å². The van der Waals surface area contributed by atoms with Crippen LogP contribution in [0.2, 0.25) is 13.1 Å². The van der Waals surface area contributed by atoms with E-state index in [9.17, 15) is 0 Å². The molecule has 53 heavy (non-hydrogen) atoms. The van der Waals surface area contributed by atoms with Crippen molar-refractivity contribution in [3.05, 3.63) is 170 Å². The first-order valence-corrected chi connectivity index (χ1v) is 21.4. The van der Waals surface area contributed by atoms with Gasteiger partial charge in [-0.15, -0.1) is 0 Å². The summed E-state index contributed by atoms with van der Waals surface area (Å²) in [6, 6.07) is 62.2. The quantitative estimate of drug-likeness (QED) is 0.105. The Labute approximate surface area is 309 Å². The van der Waals surface area contributed by atoms with Crippen LogP contribution in [0, 0.1) is 0 Å². The fourth-order valence-corrected chi connectivity index (χ4v) is 12.5. The number of nitrogens with zero attached hydrogens (tertiary/aromatic N) is 2. The molecule has 3 heteroatoms. The molecule has 10 aromatic rings. The Bertz CT molecular complexity index is 3140. The maximum atomic E-state index is 5.39. The number of pyridine rings is 2. The maximum Gasteiger partial charge on any atom is 0.114 e. The first-order valence-electron chi connectivity index (χ1n) is 18.4. The number of fused-ring (bicyclic) bond motifs is 10. The standard InChI is InChI=1S/C50H34N2Si/c1-53(2)47-15-9-8-14-41(47)42-23-19-37-28-36(18-22-39(37)50(42)53)38-24-25-40(44-30-35-13-7-6-12-34(35)29-43(38)44)46-27-21-33-17-16-32-20-26-45(31-10-4-3-5-11-31)51-48(32)49(33)52-46/h3-30H,1-2H3. The third-order valence-corrected chi connectivity index (χ3v) is 15.2. The summed E-state index contributed by atoms with van der Waals surface area (Å²) in [6.07, 6.45) is 0. The van der Waals surface area contributed by atoms with E-state index in [0.717, 1.165) is 44.3 Å². The zero-order valence-corrected chi connectivity index (χ0v) is 30.6. The van der Waals surface area contributed by atoms with Crippen LogP contribution in [0.4, 0.5) is 0 Å². The molecule has 1 aliphatic heterocycles. The predicted molar refractivity (Wildman–Crippen MR) is 228 cm³/mol. The predicted octanol–water partition coefficient (Wildman–Crippen LogP) is 12.0. The Balaban J connectivity index is 1.10. The molecular formula is C50H34N2Si. The lowest BCUT2D eigenvalue weighted by Gasteiger charge is -2.21. The zero-order chi connectivity index (χ0) is 35.3. The van der Waals surface area contributed by atoms with Gasteiger partial charge in [0.25, 0.3) is 0 Å². The molecule has 0 atom stereocenters. The van der Waals surface area contributed by atoms with Gasteiger partial charge in [-0.1, -0.05) is 153 Å². The van der Waals surface area contributed by atoms with E-state index in [2.05, 4.69) is 177 Å². The highest BCUT2D eigenvalue weighted by molar-refractivity contribution is 7.05. The van der Waals surface area contributed by atoms with Gasteiger partial charge in [0.1, 0.15) is 8.07 Å². The van der Waals surface area contributed by atoms with Crippen LogP contribution in [-0.2, 0) is 0 Å². The summed E-state index contributed by atoms with van der Waals surface area (Å²) < 4.78 is 0. The third kappa shape index (κ3) is 4.57. The van der Waals surface area contributed by atoms with Gasteiger partial charge in [0.2, 0.25) is 0 Å². The first kappa shape index (κ1) is 30.2. The molecule has 0 unspecified atom stereocenters. The van der Waals surface area contributed by atoms with Crippen molar-refractivity contribution in [3.63, 3.8) is 0 Å². The molecule has 11 rings (SSSR count). The molecule has 8 aromatic carbocycles. The molecule has 0 fully saturated rings. The van der Waals surface area contributed by atoms with E-state index in [4.69, 9.17) is 9.97 Å². The lowest BCUT2D eigenvalue weighted by molar-refractivity contribution is 1.37. The minimum absolute atomic E-state index is 0.923. The lowest BCUT2D eigenvalue weighted by atomic mass is 9.90. The minimum Gasteiger partial charge on any atom is -0.245 e. The summed E-state index contributed by atoms with van der Waals surface area (Å²) in [6.45, 7) is 5.01. The van der Waals surface area contributed by atoms with Crippen molar-refractivity contribution in [3.8, 4) is 44.8 Å². The van der Waals surface area contributed by atoms with E-state index in [1.807, 2.05) is 6.07 Å². The number of rotatable bonds is 3. The summed E-state index contributed by atoms with van der Waals surface area (Å²) in [5, 5.41) is 12.9. The van der Waals surface area contributed by atoms with E-state index in [1.165, 1.54) is 54.6 Å². The van der Waals surface area contributed by atoms with Gasteiger partial charge in [-0.25, -0.2) is 9.97 Å². The van der Waals surface area contributed by atoms with Gasteiger partial charge >= 0.3 is 0 Å². The van der Waals surface area contributed by atoms with Gasteiger partial charge in [0, 0.05) is 21.9 Å². The third-order valence-electron chi connectivity index (χ3n) is 11.6. The fourth-order valence-electron chi connectivity index (χ4n) is 8.99. The SMILES string of the molecule is C[Si]1(C)c2ccccc2-c2ccc3cc(-c4ccc(-c5ccc6ccc7ccc(-c8ccccc8)nc7c6n5)c5cc6ccccc6cc45)ccc3c21. The molecule has 0 saturated heterocycles. The van der Waals surface area contributed by atoms with Crippen molar-refractivity contribution in [2.24, 2.45) is 0 Å². The number of hydrogen-bond acceptors (Lipinski definition) is 2. The van der Waals surface area contributed by atoms with Gasteiger partial charge in [0.05, 0.1) is 22.4 Å². The van der Waals surface area contributed by atoms with Crippen molar-refractivity contribution < 1.29 is 0 Å². The average Bonchev–Trinajstić information content (AvgIpc) is 3.45. The minimum atomic E-state index is -1.83. The zero-order valence-electron chi connectivity index (χ0n) is 29.6. The van der Waals surface area contributed by atoms with Crippen LogP contribution >= 0.6 is 0 Å². The summed E-state index contributed by atoms with van der Waals surface area (Å²) >= 11 is 0. The van der Waals surface area contributed by atoms with Crippen LogP contribution in [0.15, 0.2) is 170 Å².